The summed E-state index contributed by atoms with van der Waals surface area (Å²) < 4.78 is 0. The van der Waals surface area contributed by atoms with Gasteiger partial charge in [0.25, 0.3) is 0 Å². The summed E-state index contributed by atoms with van der Waals surface area (Å²) in [5, 5.41) is 4.17. The molecule has 1 rings (SSSR count). The first-order chi connectivity index (χ1) is 9.67. The van der Waals surface area contributed by atoms with E-state index in [1.54, 1.807) is 0 Å². The van der Waals surface area contributed by atoms with E-state index >= 15 is 0 Å². The van der Waals surface area contributed by atoms with Crippen LogP contribution < -0.4 is 5.43 Å². The first-order valence-corrected chi connectivity index (χ1v) is 7.59. The van der Waals surface area contributed by atoms with E-state index in [9.17, 15) is 4.79 Å². The second-order valence-electron chi connectivity index (χ2n) is 5.09. The van der Waals surface area contributed by atoms with E-state index in [1.165, 1.54) is 18.4 Å². The molecule has 0 unspecified atom stereocenters. The van der Waals surface area contributed by atoms with Gasteiger partial charge in [-0.05, 0) is 30.9 Å². The predicted molar refractivity (Wildman–Crippen MR) is 84.9 cm³/mol. The van der Waals surface area contributed by atoms with E-state index in [2.05, 4.69) is 36.5 Å². The minimum absolute atomic E-state index is 0.00521. The number of unbranched alkanes of at least 4 members (excludes halogenated alkanes) is 3. The highest BCUT2D eigenvalue weighted by Crippen LogP contribution is 2.06. The van der Waals surface area contributed by atoms with Crippen molar-refractivity contribution in [2.24, 2.45) is 5.10 Å². The quantitative estimate of drug-likeness (QED) is 0.433. The second kappa shape index (κ2) is 9.29. The summed E-state index contributed by atoms with van der Waals surface area (Å²) in [5.74, 6) is 0.00521. The predicted octanol–water partition coefficient (Wildman–Crippen LogP) is 4.06. The molecule has 0 radical (unpaired) electrons. The Morgan fingerprint density at radius 3 is 2.40 bits per heavy atom. The van der Waals surface area contributed by atoms with Gasteiger partial charge in [-0.2, -0.15) is 5.10 Å². The summed E-state index contributed by atoms with van der Waals surface area (Å²) in [4.78, 5) is 11.6. The number of nitrogens with zero attached hydrogens (tertiary/aromatic N) is 1. The molecule has 1 aromatic carbocycles. The van der Waals surface area contributed by atoms with Crippen molar-refractivity contribution in [3.05, 3.63) is 35.4 Å². The molecule has 0 aliphatic rings. The van der Waals surface area contributed by atoms with Crippen LogP contribution >= 0.6 is 0 Å². The van der Waals surface area contributed by atoms with Gasteiger partial charge in [0.2, 0.25) is 5.91 Å². The van der Waals surface area contributed by atoms with Crippen LogP contribution in [0.25, 0.3) is 0 Å². The van der Waals surface area contributed by atoms with Gasteiger partial charge >= 0.3 is 0 Å². The summed E-state index contributed by atoms with van der Waals surface area (Å²) in [6, 6.07) is 8.29. The number of aryl methyl sites for hydroxylation is 1. The minimum Gasteiger partial charge on any atom is -0.273 e. The molecule has 0 aliphatic carbocycles. The molecule has 0 bridgehead atoms. The Bertz CT molecular complexity index is 435. The van der Waals surface area contributed by atoms with Crippen LogP contribution in [0.5, 0.6) is 0 Å². The molecule has 1 amide bonds. The van der Waals surface area contributed by atoms with Gasteiger partial charge in [0, 0.05) is 6.42 Å². The van der Waals surface area contributed by atoms with Crippen LogP contribution in [0.4, 0.5) is 0 Å². The molecule has 20 heavy (non-hydrogen) atoms. The van der Waals surface area contributed by atoms with Gasteiger partial charge in [-0.25, -0.2) is 5.43 Å². The highest BCUT2D eigenvalue weighted by atomic mass is 16.2. The van der Waals surface area contributed by atoms with Crippen LogP contribution in [0.2, 0.25) is 0 Å². The molecule has 0 saturated carbocycles. The smallest absolute Gasteiger partial charge is 0.240 e. The molecule has 0 fully saturated rings. The lowest BCUT2D eigenvalue weighted by Gasteiger charge is -2.04. The minimum atomic E-state index is 0.00521. The van der Waals surface area contributed by atoms with Crippen molar-refractivity contribution in [3.63, 3.8) is 0 Å². The molecule has 3 heteroatoms. The monoisotopic (exact) mass is 274 g/mol. The lowest BCUT2D eigenvalue weighted by Crippen LogP contribution is -2.18. The van der Waals surface area contributed by atoms with E-state index in [4.69, 9.17) is 0 Å². The van der Waals surface area contributed by atoms with Gasteiger partial charge in [0.05, 0.1) is 5.71 Å². The average molecular weight is 274 g/mol. The van der Waals surface area contributed by atoms with Crippen LogP contribution in [-0.2, 0) is 11.2 Å². The lowest BCUT2D eigenvalue weighted by molar-refractivity contribution is -0.121. The number of hydrazone groups is 1. The van der Waals surface area contributed by atoms with Crippen LogP contribution in [0.15, 0.2) is 29.4 Å². The van der Waals surface area contributed by atoms with Crippen molar-refractivity contribution in [1.29, 1.82) is 0 Å². The van der Waals surface area contributed by atoms with Crippen molar-refractivity contribution in [2.75, 3.05) is 0 Å². The lowest BCUT2D eigenvalue weighted by atomic mass is 10.1. The van der Waals surface area contributed by atoms with Gasteiger partial charge in [0.15, 0.2) is 0 Å². The number of nitrogens with one attached hydrogen (secondary N) is 1. The summed E-state index contributed by atoms with van der Waals surface area (Å²) >= 11 is 0. The molecule has 0 spiro atoms. The van der Waals surface area contributed by atoms with Crippen molar-refractivity contribution in [3.8, 4) is 0 Å². The van der Waals surface area contributed by atoms with Crippen LogP contribution in [0.1, 0.15) is 64.0 Å². The Hall–Kier alpha value is -1.64. The third-order valence-corrected chi connectivity index (χ3v) is 3.39. The van der Waals surface area contributed by atoms with E-state index in [0.717, 1.165) is 30.5 Å². The molecule has 1 aromatic rings. The van der Waals surface area contributed by atoms with Crippen molar-refractivity contribution < 1.29 is 4.79 Å². The van der Waals surface area contributed by atoms with Gasteiger partial charge < -0.3 is 0 Å². The molecular weight excluding hydrogens is 248 g/mol. The van der Waals surface area contributed by atoms with Gasteiger partial charge in [-0.3, -0.25) is 4.79 Å². The van der Waals surface area contributed by atoms with E-state index in [0.29, 0.717) is 6.42 Å². The molecule has 110 valence electrons. The number of rotatable bonds is 8. The van der Waals surface area contributed by atoms with Crippen LogP contribution in [0.3, 0.4) is 0 Å². The maximum atomic E-state index is 11.6. The second-order valence-corrected chi connectivity index (χ2v) is 5.09. The van der Waals surface area contributed by atoms with Crippen LogP contribution in [-0.4, -0.2) is 11.6 Å². The fourth-order valence-corrected chi connectivity index (χ4v) is 1.96. The number of benzene rings is 1. The number of carbonyl (C=O) groups is 1. The van der Waals surface area contributed by atoms with Gasteiger partial charge in [-0.1, -0.05) is 57.4 Å². The van der Waals surface area contributed by atoms with Crippen molar-refractivity contribution >= 4 is 11.6 Å². The Morgan fingerprint density at radius 1 is 1.10 bits per heavy atom. The third kappa shape index (κ3) is 6.00. The molecule has 0 saturated heterocycles. The highest BCUT2D eigenvalue weighted by Gasteiger charge is 2.01. The van der Waals surface area contributed by atoms with E-state index < -0.39 is 0 Å². The van der Waals surface area contributed by atoms with E-state index in [-0.39, 0.29) is 5.91 Å². The van der Waals surface area contributed by atoms with Gasteiger partial charge in [0.1, 0.15) is 0 Å². The zero-order valence-corrected chi connectivity index (χ0v) is 12.9. The summed E-state index contributed by atoms with van der Waals surface area (Å²) in [7, 11) is 0. The third-order valence-electron chi connectivity index (χ3n) is 3.39. The van der Waals surface area contributed by atoms with Crippen molar-refractivity contribution in [1.82, 2.24) is 5.43 Å². The normalized spacial score (nSPS) is 11.4. The number of carbonyl (C=O) groups excluding carboxylic acids is 1. The SMILES string of the molecule is CCCCCCC(=O)N/N=C(\C)c1ccc(CC)cc1. The highest BCUT2D eigenvalue weighted by molar-refractivity contribution is 5.99. The fraction of sp³-hybridized carbons (Fsp3) is 0.529. The Morgan fingerprint density at radius 2 is 1.80 bits per heavy atom. The van der Waals surface area contributed by atoms with Gasteiger partial charge in [-0.15, -0.1) is 0 Å². The molecule has 3 nitrogen and oxygen atoms in total. The van der Waals surface area contributed by atoms with Crippen LogP contribution in [0, 0.1) is 0 Å². The maximum absolute atomic E-state index is 11.6. The Kier molecular flexibility index (Phi) is 7.63. The first kappa shape index (κ1) is 16.4. The Balaban J connectivity index is 2.41. The zero-order chi connectivity index (χ0) is 14.8. The Labute approximate surface area is 122 Å². The molecular formula is C17H26N2O. The standard InChI is InChI=1S/C17H26N2O/c1-4-6-7-8-9-17(20)19-18-14(3)16-12-10-15(5-2)11-13-16/h10-13H,4-9H2,1-3H3,(H,19,20)/b18-14+. The summed E-state index contributed by atoms with van der Waals surface area (Å²) in [5.41, 5.74) is 5.83. The molecule has 0 atom stereocenters. The van der Waals surface area contributed by atoms with Crippen molar-refractivity contribution in [2.45, 2.75) is 59.3 Å². The number of hydrogen-bond donors (Lipinski definition) is 1. The maximum Gasteiger partial charge on any atom is 0.240 e. The zero-order valence-electron chi connectivity index (χ0n) is 12.9. The summed E-state index contributed by atoms with van der Waals surface area (Å²) in [6.45, 7) is 6.21. The average Bonchev–Trinajstić information content (AvgIpc) is 2.49. The topological polar surface area (TPSA) is 41.5 Å². The fourth-order valence-electron chi connectivity index (χ4n) is 1.96. The number of amides is 1. The largest absolute Gasteiger partial charge is 0.273 e. The number of hydrogen-bond acceptors (Lipinski definition) is 2. The molecule has 0 aromatic heterocycles. The molecule has 0 heterocycles. The first-order valence-electron chi connectivity index (χ1n) is 7.59. The molecule has 1 N–H and O–H groups in total. The van der Waals surface area contributed by atoms with E-state index in [1.807, 2.05) is 19.1 Å². The molecule has 0 aliphatic heterocycles. The summed E-state index contributed by atoms with van der Waals surface area (Å²) in [6.07, 6.45) is 6.03.